The standard InChI is InChI=1S/C14H12Br2O3/c15-10-5-8-1-3-18-13(8)9(6-10)7-12(17)11-2-4-19-14(11)16/h2,4-6,12,17H,1,3,7H2. The van der Waals surface area contributed by atoms with Crippen LogP contribution >= 0.6 is 31.9 Å². The Labute approximate surface area is 127 Å². The van der Waals surface area contributed by atoms with E-state index in [-0.39, 0.29) is 0 Å². The van der Waals surface area contributed by atoms with Gasteiger partial charge in [-0.15, -0.1) is 0 Å². The highest BCUT2D eigenvalue weighted by Crippen LogP contribution is 2.36. The van der Waals surface area contributed by atoms with E-state index in [4.69, 9.17) is 9.15 Å². The van der Waals surface area contributed by atoms with Crippen molar-refractivity contribution in [3.05, 3.63) is 50.3 Å². The van der Waals surface area contributed by atoms with E-state index in [0.29, 0.717) is 17.7 Å². The van der Waals surface area contributed by atoms with Gasteiger partial charge in [-0.25, -0.2) is 0 Å². The summed E-state index contributed by atoms with van der Waals surface area (Å²) in [6.45, 7) is 0.713. The average Bonchev–Trinajstić information content (AvgIpc) is 2.97. The second-order valence-corrected chi connectivity index (χ2v) is 6.16. The Hall–Kier alpha value is -0.780. The van der Waals surface area contributed by atoms with Crippen LogP contribution in [-0.4, -0.2) is 11.7 Å². The third-order valence-electron chi connectivity index (χ3n) is 3.24. The molecule has 0 saturated heterocycles. The molecule has 2 aromatic rings. The van der Waals surface area contributed by atoms with Crippen molar-refractivity contribution in [2.75, 3.05) is 6.61 Å². The fraction of sp³-hybridized carbons (Fsp3) is 0.286. The minimum atomic E-state index is -0.615. The van der Waals surface area contributed by atoms with Crippen LogP contribution in [0, 0.1) is 0 Å². The summed E-state index contributed by atoms with van der Waals surface area (Å²) in [5.74, 6) is 0.918. The van der Waals surface area contributed by atoms with Crippen LogP contribution in [0.3, 0.4) is 0 Å². The zero-order valence-corrected chi connectivity index (χ0v) is 13.2. The summed E-state index contributed by atoms with van der Waals surface area (Å²) in [5, 5.41) is 10.3. The molecule has 1 aliphatic rings. The molecular formula is C14H12Br2O3. The summed E-state index contributed by atoms with van der Waals surface area (Å²) in [6, 6.07) is 5.85. The smallest absolute Gasteiger partial charge is 0.174 e. The van der Waals surface area contributed by atoms with Crippen molar-refractivity contribution in [2.24, 2.45) is 0 Å². The van der Waals surface area contributed by atoms with Crippen LogP contribution in [0.5, 0.6) is 5.75 Å². The number of aliphatic hydroxyl groups excluding tert-OH is 1. The second-order valence-electron chi connectivity index (χ2n) is 4.52. The summed E-state index contributed by atoms with van der Waals surface area (Å²) >= 11 is 6.79. The van der Waals surface area contributed by atoms with Crippen LogP contribution in [0.25, 0.3) is 0 Å². The van der Waals surface area contributed by atoms with Gasteiger partial charge in [0.05, 0.1) is 19.0 Å². The van der Waals surface area contributed by atoms with E-state index < -0.39 is 6.10 Å². The number of aliphatic hydroxyl groups is 1. The van der Waals surface area contributed by atoms with Gasteiger partial charge >= 0.3 is 0 Å². The lowest BCUT2D eigenvalue weighted by Gasteiger charge is -2.13. The Bertz CT molecular complexity index is 607. The minimum absolute atomic E-state index is 0.500. The van der Waals surface area contributed by atoms with Gasteiger partial charge in [0.15, 0.2) is 4.67 Å². The second kappa shape index (κ2) is 5.31. The van der Waals surface area contributed by atoms with Crippen molar-refractivity contribution in [1.29, 1.82) is 0 Å². The van der Waals surface area contributed by atoms with Crippen molar-refractivity contribution in [3.8, 4) is 5.75 Å². The molecule has 1 atom stereocenters. The Morgan fingerprint density at radius 3 is 2.89 bits per heavy atom. The summed E-state index contributed by atoms with van der Waals surface area (Å²) in [6.07, 6.45) is 2.37. The van der Waals surface area contributed by atoms with Crippen molar-refractivity contribution in [3.63, 3.8) is 0 Å². The molecule has 0 saturated carbocycles. The zero-order chi connectivity index (χ0) is 13.4. The quantitative estimate of drug-likeness (QED) is 0.864. The van der Waals surface area contributed by atoms with E-state index in [1.807, 2.05) is 6.07 Å². The Balaban J connectivity index is 1.90. The summed E-state index contributed by atoms with van der Waals surface area (Å²) in [7, 11) is 0. The number of benzene rings is 1. The first-order chi connectivity index (χ1) is 9.15. The van der Waals surface area contributed by atoms with Crippen LogP contribution in [0.4, 0.5) is 0 Å². The molecule has 19 heavy (non-hydrogen) atoms. The molecule has 1 aliphatic heterocycles. The maximum absolute atomic E-state index is 10.3. The highest BCUT2D eigenvalue weighted by Gasteiger charge is 2.21. The first kappa shape index (κ1) is 13.2. The van der Waals surface area contributed by atoms with Gasteiger partial charge in [-0.3, -0.25) is 0 Å². The normalized spacial score (nSPS) is 15.1. The van der Waals surface area contributed by atoms with E-state index in [9.17, 15) is 5.11 Å². The Morgan fingerprint density at radius 2 is 2.16 bits per heavy atom. The van der Waals surface area contributed by atoms with Gasteiger partial charge in [0, 0.05) is 22.9 Å². The maximum atomic E-state index is 10.3. The Morgan fingerprint density at radius 1 is 1.32 bits per heavy atom. The first-order valence-electron chi connectivity index (χ1n) is 6.00. The molecule has 1 unspecified atom stereocenters. The fourth-order valence-corrected chi connectivity index (χ4v) is 3.42. The molecular weight excluding hydrogens is 376 g/mol. The minimum Gasteiger partial charge on any atom is -0.493 e. The van der Waals surface area contributed by atoms with E-state index in [1.165, 1.54) is 5.56 Å². The maximum Gasteiger partial charge on any atom is 0.174 e. The summed E-state index contributed by atoms with van der Waals surface area (Å²) in [5.41, 5.74) is 2.97. The molecule has 5 heteroatoms. The van der Waals surface area contributed by atoms with Crippen molar-refractivity contribution in [2.45, 2.75) is 18.9 Å². The van der Waals surface area contributed by atoms with E-state index in [2.05, 4.69) is 37.9 Å². The van der Waals surface area contributed by atoms with Gasteiger partial charge in [-0.1, -0.05) is 15.9 Å². The zero-order valence-electron chi connectivity index (χ0n) is 10.0. The molecule has 0 fully saturated rings. The number of halogens is 2. The summed E-state index contributed by atoms with van der Waals surface area (Å²) < 4.78 is 12.4. The third-order valence-corrected chi connectivity index (χ3v) is 4.35. The number of hydrogen-bond donors (Lipinski definition) is 1. The predicted molar refractivity (Wildman–Crippen MR) is 78.4 cm³/mol. The number of hydrogen-bond acceptors (Lipinski definition) is 3. The molecule has 3 nitrogen and oxygen atoms in total. The lowest BCUT2D eigenvalue weighted by molar-refractivity contribution is 0.175. The number of fused-ring (bicyclic) bond motifs is 1. The van der Waals surface area contributed by atoms with Crippen LogP contribution in [0.15, 0.2) is 38.0 Å². The van der Waals surface area contributed by atoms with Gasteiger partial charge in [-0.05, 0) is 45.3 Å². The SMILES string of the molecule is OC(Cc1cc(Br)cc2c1OCC2)c1ccoc1Br. The number of ether oxygens (including phenoxy) is 1. The molecule has 0 aliphatic carbocycles. The number of furan rings is 1. The van der Waals surface area contributed by atoms with E-state index in [0.717, 1.165) is 27.8 Å². The van der Waals surface area contributed by atoms with Crippen molar-refractivity contribution >= 4 is 31.9 Å². The molecule has 0 radical (unpaired) electrons. The molecule has 2 heterocycles. The average molecular weight is 388 g/mol. The van der Waals surface area contributed by atoms with Crippen LogP contribution in [0.2, 0.25) is 0 Å². The topological polar surface area (TPSA) is 42.6 Å². The monoisotopic (exact) mass is 386 g/mol. The van der Waals surface area contributed by atoms with Crippen LogP contribution in [0.1, 0.15) is 22.8 Å². The first-order valence-corrected chi connectivity index (χ1v) is 7.59. The van der Waals surface area contributed by atoms with Gasteiger partial charge in [0.2, 0.25) is 0 Å². The molecule has 100 valence electrons. The van der Waals surface area contributed by atoms with Crippen molar-refractivity contribution in [1.82, 2.24) is 0 Å². The highest BCUT2D eigenvalue weighted by molar-refractivity contribution is 9.10. The Kier molecular flexibility index (Phi) is 3.69. The van der Waals surface area contributed by atoms with Gasteiger partial charge in [-0.2, -0.15) is 0 Å². The van der Waals surface area contributed by atoms with Gasteiger partial charge in [0.25, 0.3) is 0 Å². The lowest BCUT2D eigenvalue weighted by Crippen LogP contribution is -2.03. The van der Waals surface area contributed by atoms with Crippen LogP contribution in [-0.2, 0) is 12.8 Å². The molecule has 0 spiro atoms. The molecule has 1 N–H and O–H groups in total. The highest BCUT2D eigenvalue weighted by atomic mass is 79.9. The predicted octanol–water partition coefficient (Wildman–Crippen LogP) is 4.02. The molecule has 0 amide bonds. The van der Waals surface area contributed by atoms with Crippen molar-refractivity contribution < 1.29 is 14.3 Å². The largest absolute Gasteiger partial charge is 0.493 e. The van der Waals surface area contributed by atoms with Gasteiger partial charge in [0.1, 0.15) is 5.75 Å². The fourth-order valence-electron chi connectivity index (χ4n) is 2.36. The summed E-state index contributed by atoms with van der Waals surface area (Å²) in [4.78, 5) is 0. The molecule has 1 aromatic heterocycles. The third kappa shape index (κ3) is 2.59. The van der Waals surface area contributed by atoms with Gasteiger partial charge < -0.3 is 14.3 Å². The van der Waals surface area contributed by atoms with E-state index in [1.54, 1.807) is 12.3 Å². The molecule has 0 bridgehead atoms. The molecule has 1 aromatic carbocycles. The number of rotatable bonds is 3. The van der Waals surface area contributed by atoms with E-state index >= 15 is 0 Å². The van der Waals surface area contributed by atoms with Crippen LogP contribution < -0.4 is 4.74 Å². The molecule has 3 rings (SSSR count). The lowest BCUT2D eigenvalue weighted by atomic mass is 10.0.